The summed E-state index contributed by atoms with van der Waals surface area (Å²) in [5, 5.41) is 8.59. The monoisotopic (exact) mass is 387 g/mol. The summed E-state index contributed by atoms with van der Waals surface area (Å²) in [5.74, 6) is 0.126. The molecule has 6 heteroatoms. The molecule has 2 aliphatic rings. The summed E-state index contributed by atoms with van der Waals surface area (Å²) in [7, 11) is 0. The number of benzene rings is 2. The van der Waals surface area contributed by atoms with E-state index in [2.05, 4.69) is 10.6 Å². The van der Waals surface area contributed by atoms with E-state index in [4.69, 9.17) is 0 Å². The average molecular weight is 388 g/mol. The van der Waals surface area contributed by atoms with E-state index >= 15 is 0 Å². The summed E-state index contributed by atoms with van der Waals surface area (Å²) < 4.78 is 0. The molecule has 2 saturated heterocycles. The van der Waals surface area contributed by atoms with Crippen LogP contribution in [0.4, 0.5) is 0 Å². The van der Waals surface area contributed by atoms with Crippen LogP contribution in [0.5, 0.6) is 0 Å². The molecule has 0 aromatic heterocycles. The lowest BCUT2D eigenvalue weighted by Crippen LogP contribution is -2.53. The van der Waals surface area contributed by atoms with Crippen LogP contribution in [0, 0.1) is 0 Å². The van der Waals surface area contributed by atoms with Gasteiger partial charge < -0.3 is 15.5 Å². The minimum absolute atomic E-state index is 0. The van der Waals surface area contributed by atoms with E-state index in [0.717, 1.165) is 49.5 Å². The fourth-order valence-corrected chi connectivity index (χ4v) is 4.01. The van der Waals surface area contributed by atoms with Gasteiger partial charge in [0, 0.05) is 24.7 Å². The van der Waals surface area contributed by atoms with Crippen LogP contribution < -0.4 is 10.6 Å². The van der Waals surface area contributed by atoms with Crippen LogP contribution >= 0.6 is 12.4 Å². The number of halogens is 1. The van der Waals surface area contributed by atoms with Gasteiger partial charge >= 0.3 is 0 Å². The molecule has 5 nitrogen and oxygen atoms in total. The van der Waals surface area contributed by atoms with E-state index in [1.165, 1.54) is 0 Å². The van der Waals surface area contributed by atoms with Crippen molar-refractivity contribution in [3.8, 4) is 0 Å². The van der Waals surface area contributed by atoms with Crippen LogP contribution in [0.25, 0.3) is 10.8 Å². The van der Waals surface area contributed by atoms with Crippen molar-refractivity contribution in [3.63, 3.8) is 0 Å². The fourth-order valence-electron chi connectivity index (χ4n) is 4.01. The Balaban J connectivity index is 0.00000210. The van der Waals surface area contributed by atoms with Gasteiger partial charge in [0.15, 0.2) is 0 Å². The highest BCUT2D eigenvalue weighted by atomic mass is 35.5. The second-order valence-electron chi connectivity index (χ2n) is 7.31. The van der Waals surface area contributed by atoms with E-state index in [9.17, 15) is 9.59 Å². The number of hydrogen-bond acceptors (Lipinski definition) is 3. The maximum absolute atomic E-state index is 12.7. The summed E-state index contributed by atoms with van der Waals surface area (Å²) in [6, 6.07) is 13.8. The van der Waals surface area contributed by atoms with Crippen molar-refractivity contribution in [1.29, 1.82) is 0 Å². The highest BCUT2D eigenvalue weighted by Crippen LogP contribution is 2.18. The number of carbonyl (C=O) groups excluding carboxylic acids is 2. The summed E-state index contributed by atoms with van der Waals surface area (Å²) in [6.45, 7) is 2.32. The second kappa shape index (κ2) is 8.72. The van der Waals surface area contributed by atoms with Gasteiger partial charge in [-0.05, 0) is 55.1 Å². The third-order valence-electron chi connectivity index (χ3n) is 5.44. The van der Waals surface area contributed by atoms with E-state index < -0.39 is 0 Å². The first-order chi connectivity index (χ1) is 12.7. The van der Waals surface area contributed by atoms with Crippen molar-refractivity contribution in [2.75, 3.05) is 19.6 Å². The van der Waals surface area contributed by atoms with Crippen molar-refractivity contribution in [3.05, 3.63) is 48.0 Å². The summed E-state index contributed by atoms with van der Waals surface area (Å²) >= 11 is 0. The molecule has 2 amide bonds. The molecule has 2 aliphatic heterocycles. The minimum Gasteiger partial charge on any atom is -0.348 e. The SMILES string of the molecule is Cl.O=C(NC1CCCN(C(=O)C2CCCN2)C1)c1ccc2ccccc2c1. The van der Waals surface area contributed by atoms with Crippen LogP contribution in [0.3, 0.4) is 0 Å². The lowest BCUT2D eigenvalue weighted by atomic mass is 10.0. The Morgan fingerprint density at radius 1 is 1.04 bits per heavy atom. The normalized spacial score (nSPS) is 22.3. The van der Waals surface area contributed by atoms with Crippen LogP contribution in [0.15, 0.2) is 42.5 Å². The summed E-state index contributed by atoms with van der Waals surface area (Å²) in [6.07, 6.45) is 3.83. The molecule has 0 aliphatic carbocycles. The van der Waals surface area contributed by atoms with E-state index in [1.54, 1.807) is 0 Å². The number of nitrogens with one attached hydrogen (secondary N) is 2. The van der Waals surface area contributed by atoms with Crippen molar-refractivity contribution in [2.24, 2.45) is 0 Å². The Kier molecular flexibility index (Phi) is 6.34. The number of hydrogen-bond donors (Lipinski definition) is 2. The Bertz CT molecular complexity index is 820. The molecule has 2 unspecified atom stereocenters. The number of rotatable bonds is 3. The van der Waals surface area contributed by atoms with Gasteiger partial charge in [0.05, 0.1) is 6.04 Å². The van der Waals surface area contributed by atoms with E-state index in [1.807, 2.05) is 47.4 Å². The molecule has 2 fully saturated rings. The molecule has 2 N–H and O–H groups in total. The maximum Gasteiger partial charge on any atom is 0.251 e. The first-order valence-corrected chi connectivity index (χ1v) is 9.52. The van der Waals surface area contributed by atoms with Gasteiger partial charge in [-0.15, -0.1) is 12.4 Å². The molecule has 2 aromatic carbocycles. The Morgan fingerprint density at radius 3 is 2.63 bits per heavy atom. The fraction of sp³-hybridized carbons (Fsp3) is 0.429. The van der Waals surface area contributed by atoms with Crippen molar-refractivity contribution in [1.82, 2.24) is 15.5 Å². The molecule has 2 atom stereocenters. The molecule has 144 valence electrons. The number of amides is 2. The molecular formula is C21H26ClN3O2. The molecule has 0 bridgehead atoms. The zero-order chi connectivity index (χ0) is 17.9. The van der Waals surface area contributed by atoms with Gasteiger partial charge in [0.2, 0.25) is 5.91 Å². The Morgan fingerprint density at radius 2 is 1.85 bits per heavy atom. The quantitative estimate of drug-likeness (QED) is 0.851. The molecular weight excluding hydrogens is 362 g/mol. The molecule has 2 aromatic rings. The number of piperidine rings is 1. The van der Waals surface area contributed by atoms with Gasteiger partial charge in [0.25, 0.3) is 5.91 Å². The van der Waals surface area contributed by atoms with Gasteiger partial charge in [-0.1, -0.05) is 30.3 Å². The molecule has 0 radical (unpaired) electrons. The summed E-state index contributed by atoms with van der Waals surface area (Å²) in [5.41, 5.74) is 0.671. The Labute approximate surface area is 165 Å². The van der Waals surface area contributed by atoms with Gasteiger partial charge in [0.1, 0.15) is 0 Å². The summed E-state index contributed by atoms with van der Waals surface area (Å²) in [4.78, 5) is 27.2. The number of carbonyl (C=O) groups is 2. The Hall–Kier alpha value is -2.11. The van der Waals surface area contributed by atoms with Gasteiger partial charge in [-0.2, -0.15) is 0 Å². The lowest BCUT2D eigenvalue weighted by Gasteiger charge is -2.34. The topological polar surface area (TPSA) is 61.4 Å². The maximum atomic E-state index is 12.7. The zero-order valence-electron chi connectivity index (χ0n) is 15.3. The van der Waals surface area contributed by atoms with Crippen LogP contribution in [-0.2, 0) is 4.79 Å². The molecule has 4 rings (SSSR count). The third-order valence-corrected chi connectivity index (χ3v) is 5.44. The second-order valence-corrected chi connectivity index (χ2v) is 7.31. The van der Waals surface area contributed by atoms with Crippen molar-refractivity contribution in [2.45, 2.75) is 37.8 Å². The van der Waals surface area contributed by atoms with Crippen LogP contribution in [-0.4, -0.2) is 48.4 Å². The zero-order valence-corrected chi connectivity index (χ0v) is 16.1. The average Bonchev–Trinajstić information content (AvgIpc) is 3.22. The first-order valence-electron chi connectivity index (χ1n) is 9.52. The molecule has 2 heterocycles. The number of likely N-dealkylation sites (tertiary alicyclic amines) is 1. The lowest BCUT2D eigenvalue weighted by molar-refractivity contribution is -0.134. The standard InChI is InChI=1S/C21H25N3O2.ClH/c25-20(17-10-9-15-5-1-2-6-16(15)13-17)23-18-7-4-12-24(14-18)21(26)19-8-3-11-22-19;/h1-2,5-6,9-10,13,18-19,22H,3-4,7-8,11-12,14H2,(H,23,25);1H. The molecule has 0 spiro atoms. The number of fused-ring (bicyclic) bond motifs is 1. The predicted molar refractivity (Wildman–Crippen MR) is 109 cm³/mol. The largest absolute Gasteiger partial charge is 0.348 e. The highest BCUT2D eigenvalue weighted by molar-refractivity contribution is 5.98. The van der Waals surface area contributed by atoms with Crippen LogP contribution in [0.1, 0.15) is 36.0 Å². The molecule has 27 heavy (non-hydrogen) atoms. The van der Waals surface area contributed by atoms with Crippen molar-refractivity contribution >= 4 is 35.0 Å². The number of nitrogens with zero attached hydrogens (tertiary/aromatic N) is 1. The van der Waals surface area contributed by atoms with E-state index in [-0.39, 0.29) is 36.3 Å². The minimum atomic E-state index is -0.0611. The van der Waals surface area contributed by atoms with Gasteiger partial charge in [-0.25, -0.2) is 0 Å². The highest BCUT2D eigenvalue weighted by Gasteiger charge is 2.30. The smallest absolute Gasteiger partial charge is 0.251 e. The van der Waals surface area contributed by atoms with Crippen LogP contribution in [0.2, 0.25) is 0 Å². The van der Waals surface area contributed by atoms with Crippen molar-refractivity contribution < 1.29 is 9.59 Å². The first kappa shape index (κ1) is 19.6. The predicted octanol–water partition coefficient (Wildman–Crippen LogP) is 2.73. The van der Waals surface area contributed by atoms with Gasteiger partial charge in [-0.3, -0.25) is 9.59 Å². The third kappa shape index (κ3) is 4.42. The molecule has 0 saturated carbocycles. The van der Waals surface area contributed by atoms with E-state index in [0.29, 0.717) is 12.1 Å².